The van der Waals surface area contributed by atoms with E-state index in [1.807, 2.05) is 57.5 Å². The summed E-state index contributed by atoms with van der Waals surface area (Å²) in [5.74, 6) is 0.547. The number of aliphatic hydroxyl groups is 1. The van der Waals surface area contributed by atoms with Crippen LogP contribution in [0.5, 0.6) is 0 Å². The molecule has 1 aliphatic rings. The Morgan fingerprint density at radius 2 is 1.50 bits per heavy atom. The van der Waals surface area contributed by atoms with Crippen LogP contribution >= 0.6 is 22.7 Å². The Kier molecular flexibility index (Phi) is 8.39. The minimum Gasteiger partial charge on any atom is -0.512 e. The van der Waals surface area contributed by atoms with Crippen LogP contribution in [0.4, 0.5) is 0 Å². The molecule has 0 aliphatic heterocycles. The van der Waals surface area contributed by atoms with Gasteiger partial charge in [0.25, 0.3) is 0 Å². The fourth-order valence-corrected chi connectivity index (χ4v) is 8.05. The standard InChI is InChI=1S/C20H7N2S2.C13H24O2.Ir/c1-2-9-8-22-20-18-14(9)10(3-1)19-17-13(6-7-21-19)23-11-4-5-12(24-20)16(18)15(11)17;1-5-10(6-2)12(14)9-13(15)11(7-3)8-4;/h1-2,4-8H;9-11,14H,5-8H2,1-4H3;/q-1;;/b;12-9-;. The van der Waals surface area contributed by atoms with Crippen molar-refractivity contribution in [1.82, 2.24) is 9.97 Å². The molecule has 1 aliphatic carbocycles. The van der Waals surface area contributed by atoms with Crippen molar-refractivity contribution in [3.05, 3.63) is 60.6 Å². The fourth-order valence-electron chi connectivity index (χ4n) is 5.88. The average Bonchev–Trinajstić information content (AvgIpc) is 3.48. The molecule has 0 fully saturated rings. The second-order valence-corrected chi connectivity index (χ2v) is 12.3. The summed E-state index contributed by atoms with van der Waals surface area (Å²) in [6.45, 7) is 8.07. The van der Waals surface area contributed by atoms with Gasteiger partial charge in [-0.3, -0.25) is 4.79 Å². The van der Waals surface area contributed by atoms with Crippen LogP contribution in [-0.2, 0) is 24.9 Å². The SMILES string of the molecule is CCC(CC)C(=O)/C=C(\O)C(CC)CC.[Ir].[c-]1ccc2cnc3sc4ccc5sc6ccnc7c6c5c4c3c2c1-7. The third-order valence-electron chi connectivity index (χ3n) is 8.10. The third-order valence-corrected chi connectivity index (χ3v) is 10.3. The molecule has 0 saturated carbocycles. The molecule has 0 saturated heterocycles. The fraction of sp³-hybridized carbons (Fsp3) is 0.303. The Balaban J connectivity index is 0.000000179. The van der Waals surface area contributed by atoms with Crippen LogP contribution in [0.1, 0.15) is 53.4 Å². The Labute approximate surface area is 255 Å². The van der Waals surface area contributed by atoms with E-state index in [-0.39, 0.29) is 43.5 Å². The zero-order valence-corrected chi connectivity index (χ0v) is 27.0. The predicted molar refractivity (Wildman–Crippen MR) is 167 cm³/mol. The van der Waals surface area contributed by atoms with Crippen molar-refractivity contribution < 1.29 is 30.0 Å². The Bertz CT molecular complexity index is 1910. The van der Waals surface area contributed by atoms with Crippen LogP contribution in [-0.4, -0.2) is 20.9 Å². The monoisotopic (exact) mass is 744 g/mol. The van der Waals surface area contributed by atoms with Crippen LogP contribution in [0, 0.1) is 17.9 Å². The summed E-state index contributed by atoms with van der Waals surface area (Å²) in [6.07, 6.45) is 8.82. The second kappa shape index (κ2) is 11.7. The second-order valence-electron chi connectivity index (χ2n) is 10.2. The molecular weight excluding hydrogens is 713 g/mol. The average molecular weight is 744 g/mol. The molecule has 207 valence electrons. The first kappa shape index (κ1) is 28.8. The molecule has 7 rings (SSSR count). The van der Waals surface area contributed by atoms with Gasteiger partial charge in [0.2, 0.25) is 0 Å². The summed E-state index contributed by atoms with van der Waals surface area (Å²) >= 11 is 3.64. The van der Waals surface area contributed by atoms with Crippen molar-refractivity contribution in [2.24, 2.45) is 11.8 Å². The molecule has 0 unspecified atom stereocenters. The zero-order chi connectivity index (χ0) is 27.3. The third kappa shape index (κ3) is 4.57. The molecule has 1 N–H and O–H groups in total. The van der Waals surface area contributed by atoms with Crippen molar-refractivity contribution in [3.8, 4) is 11.3 Å². The number of carbonyl (C=O) groups excluding carboxylic acids is 1. The van der Waals surface area contributed by atoms with Gasteiger partial charge in [-0.1, -0.05) is 38.5 Å². The van der Waals surface area contributed by atoms with Gasteiger partial charge < -0.3 is 10.1 Å². The minimum absolute atomic E-state index is 0. The number of hydrogen-bond acceptors (Lipinski definition) is 6. The number of fused-ring (bicyclic) bond motifs is 1. The number of hydrogen-bond donors (Lipinski definition) is 1. The predicted octanol–water partition coefficient (Wildman–Crippen LogP) is 10.0. The van der Waals surface area contributed by atoms with Gasteiger partial charge in [0.05, 0.1) is 5.76 Å². The number of pyridine rings is 2. The number of carbonyl (C=O) groups is 1. The van der Waals surface area contributed by atoms with E-state index in [1.165, 1.54) is 52.5 Å². The van der Waals surface area contributed by atoms with Crippen LogP contribution < -0.4 is 0 Å². The Morgan fingerprint density at radius 1 is 0.850 bits per heavy atom. The normalized spacial score (nSPS) is 12.5. The first-order chi connectivity index (χ1) is 19.0. The van der Waals surface area contributed by atoms with Gasteiger partial charge in [-0.2, -0.15) is 0 Å². The summed E-state index contributed by atoms with van der Waals surface area (Å²) < 4.78 is 3.94. The first-order valence-electron chi connectivity index (χ1n) is 13.8. The number of allylic oxidation sites excluding steroid dienone is 2. The van der Waals surface area contributed by atoms with E-state index in [9.17, 15) is 9.90 Å². The summed E-state index contributed by atoms with van der Waals surface area (Å²) in [6, 6.07) is 14.2. The van der Waals surface area contributed by atoms with Gasteiger partial charge in [0.1, 0.15) is 4.83 Å². The Morgan fingerprint density at radius 3 is 2.20 bits per heavy atom. The van der Waals surface area contributed by atoms with Gasteiger partial charge in [-0.05, 0) is 60.3 Å². The molecule has 4 aromatic heterocycles. The van der Waals surface area contributed by atoms with E-state index >= 15 is 0 Å². The summed E-state index contributed by atoms with van der Waals surface area (Å²) in [7, 11) is 0. The van der Waals surface area contributed by atoms with Crippen LogP contribution in [0.2, 0.25) is 0 Å². The van der Waals surface area contributed by atoms with Gasteiger partial charge in [0, 0.05) is 75.3 Å². The van der Waals surface area contributed by atoms with Crippen LogP contribution in [0.15, 0.2) is 54.6 Å². The molecule has 0 bridgehead atoms. The number of nitrogens with zero attached hydrogens (tertiary/aromatic N) is 2. The molecule has 0 atom stereocenters. The zero-order valence-electron chi connectivity index (χ0n) is 23.0. The van der Waals surface area contributed by atoms with E-state index < -0.39 is 0 Å². The summed E-state index contributed by atoms with van der Waals surface area (Å²) in [4.78, 5) is 22.3. The molecule has 2 aromatic carbocycles. The van der Waals surface area contributed by atoms with Gasteiger partial charge >= 0.3 is 0 Å². The van der Waals surface area contributed by atoms with E-state index in [0.29, 0.717) is 0 Å². The quantitative estimate of drug-likeness (QED) is 0.100. The van der Waals surface area contributed by atoms with Crippen molar-refractivity contribution in [2.75, 3.05) is 0 Å². The number of aromatic nitrogens is 2. The first-order valence-corrected chi connectivity index (χ1v) is 15.4. The number of rotatable bonds is 7. The van der Waals surface area contributed by atoms with E-state index in [2.05, 4.69) is 30.3 Å². The maximum atomic E-state index is 11.7. The molecule has 4 heterocycles. The molecule has 0 amide bonds. The van der Waals surface area contributed by atoms with E-state index in [1.54, 1.807) is 11.3 Å². The maximum absolute atomic E-state index is 11.7. The van der Waals surface area contributed by atoms with Crippen molar-refractivity contribution in [1.29, 1.82) is 0 Å². The minimum atomic E-state index is 0. The van der Waals surface area contributed by atoms with Crippen LogP contribution in [0.3, 0.4) is 0 Å². The number of benzene rings is 2. The van der Waals surface area contributed by atoms with Crippen molar-refractivity contribution in [2.45, 2.75) is 53.4 Å². The van der Waals surface area contributed by atoms with Gasteiger partial charge in [-0.15, -0.1) is 46.4 Å². The molecule has 7 heteroatoms. The van der Waals surface area contributed by atoms with Crippen LogP contribution in [0.25, 0.3) is 62.5 Å². The smallest absolute Gasteiger partial charge is 0.162 e. The largest absolute Gasteiger partial charge is 0.512 e. The summed E-state index contributed by atoms with van der Waals surface area (Å²) in [5.41, 5.74) is 2.17. The molecular formula is C33H31IrN2O2S2-. The molecule has 0 spiro atoms. The van der Waals surface area contributed by atoms with Gasteiger partial charge in [0.15, 0.2) is 5.78 Å². The Hall–Kier alpha value is -2.70. The molecule has 1 radical (unpaired) electrons. The topological polar surface area (TPSA) is 63.1 Å². The van der Waals surface area contributed by atoms with Crippen molar-refractivity contribution in [3.63, 3.8) is 0 Å². The van der Waals surface area contributed by atoms with E-state index in [4.69, 9.17) is 9.97 Å². The number of ketones is 1. The number of thiophene rings is 2. The van der Waals surface area contributed by atoms with E-state index in [0.717, 1.165) is 41.8 Å². The summed E-state index contributed by atoms with van der Waals surface area (Å²) in [5, 5.41) is 17.4. The molecule has 4 nitrogen and oxygen atoms in total. The van der Waals surface area contributed by atoms with Gasteiger partial charge in [-0.25, -0.2) is 4.98 Å². The maximum Gasteiger partial charge on any atom is 0.162 e. The molecule has 40 heavy (non-hydrogen) atoms. The number of aliphatic hydroxyl groups excluding tert-OH is 1. The van der Waals surface area contributed by atoms with Crippen molar-refractivity contribution >= 4 is 79.7 Å². The molecule has 6 aromatic rings.